The number of fused-ring (bicyclic) bond motifs is 1. The number of carbonyl (C=O) groups is 4. The highest BCUT2D eigenvalue weighted by atomic mass is 19.1. The number of anilines is 1. The molecule has 3 aromatic carbocycles. The van der Waals surface area contributed by atoms with Gasteiger partial charge in [0.15, 0.2) is 5.82 Å². The predicted octanol–water partition coefficient (Wildman–Crippen LogP) is 6.91. The second-order valence-corrected chi connectivity index (χ2v) is 15.5. The van der Waals surface area contributed by atoms with Crippen molar-refractivity contribution in [3.8, 4) is 11.1 Å². The van der Waals surface area contributed by atoms with Gasteiger partial charge in [0.25, 0.3) is 5.91 Å². The van der Waals surface area contributed by atoms with Crippen molar-refractivity contribution in [2.75, 3.05) is 52.2 Å². The zero-order valence-corrected chi connectivity index (χ0v) is 33.1. The van der Waals surface area contributed by atoms with Gasteiger partial charge < -0.3 is 24.5 Å². The normalized spacial score (nSPS) is 17.7. The molecule has 13 heteroatoms. The highest BCUT2D eigenvalue weighted by Gasteiger charge is 2.31. The number of halogens is 2. The van der Waals surface area contributed by atoms with E-state index in [4.69, 9.17) is 0 Å². The molecule has 2 fully saturated rings. The number of aldehydes is 1. The van der Waals surface area contributed by atoms with Crippen LogP contribution >= 0.6 is 0 Å². The Labute approximate surface area is 336 Å². The standard InChI is InChI=1S/C39H41F2N5O3.C6H8N2O/c1-44(2)39(49)34-21-32-30(20-31(36(41)37(32)42-34)26-5-4-16-45(3)22-26)25-8-6-23(7-9-25)24-14-17-46(18-15-24)27-10-11-28(33(40)19-27)29-12-13-35(47)43-38(29)48;9-6-2-5-8-4-1-3-7-8/h5-11,19-21,24,29,42H,4,12-18,22H2,1-3H3,(H,43,47,48);1,3-4,6H,2,5H2. The Morgan fingerprint density at radius 3 is 2.41 bits per heavy atom. The molecule has 2 aromatic heterocycles. The first-order chi connectivity index (χ1) is 28.0. The first kappa shape index (κ1) is 40.3. The van der Waals surface area contributed by atoms with Crippen LogP contribution in [-0.2, 0) is 20.9 Å². The summed E-state index contributed by atoms with van der Waals surface area (Å²) in [5.41, 5.74) is 6.34. The van der Waals surface area contributed by atoms with Gasteiger partial charge in [0.05, 0.1) is 11.4 Å². The van der Waals surface area contributed by atoms with Gasteiger partial charge in [0, 0.05) is 94.3 Å². The monoisotopic (exact) mass is 789 g/mol. The number of aromatic nitrogens is 3. The van der Waals surface area contributed by atoms with Crippen LogP contribution in [0.1, 0.15) is 77.5 Å². The second kappa shape index (κ2) is 17.7. The van der Waals surface area contributed by atoms with Crippen molar-refractivity contribution < 1.29 is 28.0 Å². The maximum atomic E-state index is 16.1. The zero-order chi connectivity index (χ0) is 40.9. The van der Waals surface area contributed by atoms with Crippen LogP contribution in [-0.4, -0.2) is 95.9 Å². The molecule has 302 valence electrons. The third-order valence-electron chi connectivity index (χ3n) is 11.4. The molecule has 0 saturated carbocycles. The van der Waals surface area contributed by atoms with Crippen LogP contribution in [0.4, 0.5) is 14.5 Å². The third kappa shape index (κ3) is 8.79. The van der Waals surface area contributed by atoms with Crippen molar-refractivity contribution in [3.05, 3.63) is 113 Å². The number of aromatic amines is 1. The summed E-state index contributed by atoms with van der Waals surface area (Å²) in [6, 6.07) is 19.0. The molecular formula is C45H49F2N7O4. The molecule has 8 rings (SSSR count). The van der Waals surface area contributed by atoms with Crippen LogP contribution in [0.5, 0.6) is 0 Å². The number of amides is 3. The van der Waals surface area contributed by atoms with E-state index in [1.807, 2.05) is 31.4 Å². The number of imide groups is 1. The lowest BCUT2D eigenvalue weighted by Crippen LogP contribution is -2.39. The van der Waals surface area contributed by atoms with Gasteiger partial charge in [-0.15, -0.1) is 0 Å². The highest BCUT2D eigenvalue weighted by molar-refractivity contribution is 6.04. The van der Waals surface area contributed by atoms with E-state index < -0.39 is 17.6 Å². The summed E-state index contributed by atoms with van der Waals surface area (Å²) in [6.07, 6.45) is 10.3. The lowest BCUT2D eigenvalue weighted by atomic mass is 9.87. The molecule has 5 heterocycles. The summed E-state index contributed by atoms with van der Waals surface area (Å²) in [5, 5.41) is 6.90. The fourth-order valence-electron chi connectivity index (χ4n) is 8.19. The quantitative estimate of drug-likeness (QED) is 0.123. The van der Waals surface area contributed by atoms with Crippen LogP contribution in [0.2, 0.25) is 0 Å². The lowest BCUT2D eigenvalue weighted by molar-refractivity contribution is -0.134. The van der Waals surface area contributed by atoms with Gasteiger partial charge in [-0.05, 0) is 91.2 Å². The topological polar surface area (TPSA) is 124 Å². The van der Waals surface area contributed by atoms with Gasteiger partial charge in [0.1, 0.15) is 17.8 Å². The minimum Gasteiger partial charge on any atom is -0.371 e. The molecule has 3 aliphatic heterocycles. The van der Waals surface area contributed by atoms with Crippen LogP contribution in [0.15, 0.2) is 79.1 Å². The average Bonchev–Trinajstić information content (AvgIpc) is 3.92. The minimum atomic E-state index is -0.649. The Balaban J connectivity index is 0.000000504. The van der Waals surface area contributed by atoms with Crippen LogP contribution in [0.25, 0.3) is 27.6 Å². The molecule has 1 atom stereocenters. The Hall–Kier alpha value is -5.95. The molecule has 5 aromatic rings. The molecule has 0 bridgehead atoms. The van der Waals surface area contributed by atoms with Gasteiger partial charge in [-0.3, -0.25) is 24.4 Å². The van der Waals surface area contributed by atoms with Gasteiger partial charge >= 0.3 is 0 Å². The molecular weight excluding hydrogens is 741 g/mol. The number of aryl methyl sites for hydroxylation is 1. The molecule has 2 saturated heterocycles. The molecule has 1 unspecified atom stereocenters. The Morgan fingerprint density at radius 2 is 1.76 bits per heavy atom. The van der Waals surface area contributed by atoms with E-state index in [2.05, 4.69) is 55.5 Å². The van der Waals surface area contributed by atoms with Gasteiger partial charge in [-0.1, -0.05) is 36.4 Å². The van der Waals surface area contributed by atoms with Gasteiger partial charge in [-0.2, -0.15) is 5.10 Å². The number of H-pyrrole nitrogens is 1. The Morgan fingerprint density at radius 1 is 0.983 bits per heavy atom. The first-order valence-corrected chi connectivity index (χ1v) is 19.8. The average molecular weight is 790 g/mol. The van der Waals surface area contributed by atoms with E-state index in [0.29, 0.717) is 59.6 Å². The Bertz CT molecular complexity index is 2330. The minimum absolute atomic E-state index is 0.211. The van der Waals surface area contributed by atoms with Crippen molar-refractivity contribution in [1.82, 2.24) is 29.9 Å². The summed E-state index contributed by atoms with van der Waals surface area (Å²) in [4.78, 5) is 55.5. The number of hydrogen-bond donors (Lipinski definition) is 2. The molecule has 2 N–H and O–H groups in total. The fraction of sp³-hybridized carbons (Fsp3) is 0.356. The number of nitrogens with zero attached hydrogens (tertiary/aromatic N) is 5. The summed E-state index contributed by atoms with van der Waals surface area (Å²) in [5.74, 6) is -2.04. The molecule has 0 spiro atoms. The van der Waals surface area contributed by atoms with Gasteiger partial charge in [-0.25, -0.2) is 8.78 Å². The Kier molecular flexibility index (Phi) is 12.3. The van der Waals surface area contributed by atoms with E-state index in [-0.39, 0.29) is 24.1 Å². The zero-order valence-electron chi connectivity index (χ0n) is 33.1. The summed E-state index contributed by atoms with van der Waals surface area (Å²) >= 11 is 0. The van der Waals surface area contributed by atoms with E-state index in [1.165, 1.54) is 16.5 Å². The van der Waals surface area contributed by atoms with Crippen molar-refractivity contribution in [1.29, 1.82) is 0 Å². The molecule has 3 amide bonds. The second-order valence-electron chi connectivity index (χ2n) is 15.5. The fourth-order valence-corrected chi connectivity index (χ4v) is 8.19. The van der Waals surface area contributed by atoms with Crippen molar-refractivity contribution in [3.63, 3.8) is 0 Å². The lowest BCUT2D eigenvalue weighted by Gasteiger charge is -2.34. The van der Waals surface area contributed by atoms with E-state index in [0.717, 1.165) is 67.6 Å². The van der Waals surface area contributed by atoms with Crippen molar-refractivity contribution >= 4 is 46.2 Å². The number of likely N-dealkylation sites (N-methyl/N-ethyl adjacent to an activating group) is 1. The summed E-state index contributed by atoms with van der Waals surface area (Å²) in [7, 11) is 5.40. The molecule has 0 aliphatic carbocycles. The third-order valence-corrected chi connectivity index (χ3v) is 11.4. The smallest absolute Gasteiger partial charge is 0.269 e. The number of hydrogen-bond acceptors (Lipinski definition) is 7. The highest BCUT2D eigenvalue weighted by Crippen LogP contribution is 2.39. The van der Waals surface area contributed by atoms with E-state index in [9.17, 15) is 19.2 Å². The molecule has 3 aliphatic rings. The number of carbonyl (C=O) groups excluding carboxylic acids is 4. The number of rotatable bonds is 9. The van der Waals surface area contributed by atoms with E-state index >= 15 is 8.78 Å². The maximum absolute atomic E-state index is 16.1. The van der Waals surface area contributed by atoms with Crippen LogP contribution in [0, 0.1) is 11.6 Å². The summed E-state index contributed by atoms with van der Waals surface area (Å²) in [6.45, 7) is 3.80. The number of benzene rings is 3. The molecule has 58 heavy (non-hydrogen) atoms. The number of nitrogens with one attached hydrogen (secondary N) is 2. The largest absolute Gasteiger partial charge is 0.371 e. The predicted molar refractivity (Wildman–Crippen MR) is 220 cm³/mol. The van der Waals surface area contributed by atoms with Crippen molar-refractivity contribution in [2.45, 2.75) is 56.9 Å². The first-order valence-electron chi connectivity index (χ1n) is 19.8. The van der Waals surface area contributed by atoms with E-state index in [1.54, 1.807) is 37.1 Å². The molecule has 11 nitrogen and oxygen atoms in total. The summed E-state index contributed by atoms with van der Waals surface area (Å²) < 4.78 is 33.0. The van der Waals surface area contributed by atoms with Gasteiger partial charge in [0.2, 0.25) is 11.8 Å². The number of piperidine rings is 2. The van der Waals surface area contributed by atoms with Crippen LogP contribution in [0.3, 0.4) is 0 Å². The van der Waals surface area contributed by atoms with Crippen molar-refractivity contribution in [2.24, 2.45) is 0 Å². The van der Waals surface area contributed by atoms with Crippen LogP contribution < -0.4 is 10.2 Å². The SMILES string of the molecule is CN1CCC=C(c2cc(-c3ccc(C4CCN(c5ccc(C6CCC(=O)NC6=O)c(F)c5)CC4)cc3)c3cc(C(=O)N(C)C)[nH]c3c2F)C1.O=CCCn1cccn1. The maximum Gasteiger partial charge on any atom is 0.269 e. The molecule has 0 radical (unpaired) electrons.